The number of benzene rings is 1. The molecule has 33 heavy (non-hydrogen) atoms. The molecule has 0 bridgehead atoms. The Kier molecular flexibility index (Phi) is 5.96. The molecule has 9 heteroatoms. The number of pyridine rings is 1. The number of aliphatic hydroxyl groups is 1. The lowest BCUT2D eigenvalue weighted by molar-refractivity contribution is -0.138. The normalized spacial score (nSPS) is 16.9. The van der Waals surface area contributed by atoms with Gasteiger partial charge in [0.05, 0.1) is 48.2 Å². The number of alkyl halides is 3. The molecule has 1 atom stereocenters. The standard InChI is InChI=1S/C24H26F3N3O3/c1-14-11-19-17(8-10-33-14)22(15-7-9-28-21(12-15)23(2,3)31)29-30(19)16-5-6-18(24(25,26)27)20(13-16)32-4/h5-7,9,12-14,31H,8,10-11H2,1-4H3/t14-/m1/s1. The summed E-state index contributed by atoms with van der Waals surface area (Å²) in [6.07, 6.45) is -1.83. The molecule has 4 rings (SSSR count). The molecular formula is C24H26F3N3O3. The van der Waals surface area contributed by atoms with E-state index < -0.39 is 17.3 Å². The molecule has 0 unspecified atom stereocenters. The Morgan fingerprint density at radius 2 is 1.94 bits per heavy atom. The highest BCUT2D eigenvalue weighted by atomic mass is 19.4. The van der Waals surface area contributed by atoms with Gasteiger partial charge in [-0.15, -0.1) is 0 Å². The third-order valence-electron chi connectivity index (χ3n) is 5.72. The van der Waals surface area contributed by atoms with Crippen molar-refractivity contribution in [2.75, 3.05) is 13.7 Å². The van der Waals surface area contributed by atoms with E-state index in [1.54, 1.807) is 30.8 Å². The Balaban J connectivity index is 1.90. The van der Waals surface area contributed by atoms with Gasteiger partial charge >= 0.3 is 6.18 Å². The van der Waals surface area contributed by atoms with Crippen LogP contribution in [0.4, 0.5) is 13.2 Å². The number of methoxy groups -OCH3 is 1. The summed E-state index contributed by atoms with van der Waals surface area (Å²) in [4.78, 5) is 4.27. The minimum Gasteiger partial charge on any atom is -0.496 e. The number of hydrogen-bond donors (Lipinski definition) is 1. The molecule has 6 nitrogen and oxygen atoms in total. The van der Waals surface area contributed by atoms with Crippen LogP contribution in [0.5, 0.6) is 5.75 Å². The summed E-state index contributed by atoms with van der Waals surface area (Å²) in [5.41, 5.74) is 2.29. The first-order valence-corrected chi connectivity index (χ1v) is 10.7. The van der Waals surface area contributed by atoms with Crippen LogP contribution in [0.2, 0.25) is 0 Å². The number of rotatable bonds is 4. The highest BCUT2D eigenvalue weighted by Crippen LogP contribution is 2.38. The van der Waals surface area contributed by atoms with Gasteiger partial charge in [-0.3, -0.25) is 4.98 Å². The van der Waals surface area contributed by atoms with Crippen LogP contribution in [-0.2, 0) is 29.4 Å². The topological polar surface area (TPSA) is 69.4 Å². The Morgan fingerprint density at radius 3 is 2.61 bits per heavy atom. The van der Waals surface area contributed by atoms with Crippen LogP contribution >= 0.6 is 0 Å². The first-order chi connectivity index (χ1) is 15.5. The molecule has 0 radical (unpaired) electrons. The van der Waals surface area contributed by atoms with Crippen LogP contribution in [0.15, 0.2) is 36.5 Å². The second-order valence-corrected chi connectivity index (χ2v) is 8.69. The van der Waals surface area contributed by atoms with Crippen molar-refractivity contribution in [2.45, 2.75) is 51.5 Å². The van der Waals surface area contributed by atoms with E-state index in [-0.39, 0.29) is 11.9 Å². The molecule has 3 aromatic rings. The fourth-order valence-electron chi connectivity index (χ4n) is 4.05. The Morgan fingerprint density at radius 1 is 1.18 bits per heavy atom. The van der Waals surface area contributed by atoms with Crippen LogP contribution < -0.4 is 4.74 Å². The Labute approximate surface area is 190 Å². The molecule has 0 spiro atoms. The zero-order valence-electron chi connectivity index (χ0n) is 18.9. The summed E-state index contributed by atoms with van der Waals surface area (Å²) in [5.74, 6) is -0.267. The van der Waals surface area contributed by atoms with E-state index in [1.807, 2.05) is 13.0 Å². The van der Waals surface area contributed by atoms with Crippen molar-refractivity contribution in [2.24, 2.45) is 0 Å². The van der Waals surface area contributed by atoms with Crippen molar-refractivity contribution in [1.29, 1.82) is 0 Å². The van der Waals surface area contributed by atoms with E-state index in [1.165, 1.54) is 19.2 Å². The van der Waals surface area contributed by atoms with Gasteiger partial charge in [-0.1, -0.05) is 0 Å². The molecule has 1 N–H and O–H groups in total. The molecule has 176 valence electrons. The number of nitrogens with zero attached hydrogens (tertiary/aromatic N) is 3. The van der Waals surface area contributed by atoms with Gasteiger partial charge < -0.3 is 14.6 Å². The van der Waals surface area contributed by atoms with Gasteiger partial charge in [0, 0.05) is 29.8 Å². The molecular weight excluding hydrogens is 435 g/mol. The zero-order chi connectivity index (χ0) is 24.0. The first kappa shape index (κ1) is 23.3. The van der Waals surface area contributed by atoms with E-state index in [0.717, 1.165) is 22.9 Å². The first-order valence-electron chi connectivity index (χ1n) is 10.7. The number of halogens is 3. The Bertz CT molecular complexity index is 1170. The highest BCUT2D eigenvalue weighted by molar-refractivity contribution is 5.66. The van der Waals surface area contributed by atoms with Gasteiger partial charge in [0.2, 0.25) is 0 Å². The van der Waals surface area contributed by atoms with Gasteiger partial charge in [-0.25, -0.2) is 4.68 Å². The molecule has 0 saturated carbocycles. The van der Waals surface area contributed by atoms with Gasteiger partial charge in [0.25, 0.3) is 0 Å². The lowest BCUT2D eigenvalue weighted by Crippen LogP contribution is -2.17. The lowest BCUT2D eigenvalue weighted by atomic mass is 9.98. The smallest absolute Gasteiger partial charge is 0.419 e. The molecule has 0 fully saturated rings. The van der Waals surface area contributed by atoms with Gasteiger partial charge in [0.1, 0.15) is 11.4 Å². The molecule has 1 aliphatic rings. The predicted molar refractivity (Wildman–Crippen MR) is 116 cm³/mol. The maximum absolute atomic E-state index is 13.4. The van der Waals surface area contributed by atoms with Crippen molar-refractivity contribution in [1.82, 2.24) is 14.8 Å². The van der Waals surface area contributed by atoms with Crippen LogP contribution in [0.25, 0.3) is 16.9 Å². The fourth-order valence-corrected chi connectivity index (χ4v) is 4.05. The second-order valence-electron chi connectivity index (χ2n) is 8.69. The summed E-state index contributed by atoms with van der Waals surface area (Å²) in [6, 6.07) is 7.36. The third-order valence-corrected chi connectivity index (χ3v) is 5.72. The molecule has 1 aliphatic heterocycles. The number of ether oxygens (including phenoxy) is 2. The van der Waals surface area contributed by atoms with Crippen molar-refractivity contribution < 1.29 is 27.8 Å². The van der Waals surface area contributed by atoms with Gasteiger partial charge in [-0.05, 0) is 51.5 Å². The van der Waals surface area contributed by atoms with Crippen molar-refractivity contribution in [3.05, 3.63) is 59.0 Å². The minimum absolute atomic E-state index is 0.0738. The van der Waals surface area contributed by atoms with Crippen molar-refractivity contribution >= 4 is 0 Å². The summed E-state index contributed by atoms with van der Waals surface area (Å²) >= 11 is 0. The second kappa shape index (κ2) is 8.46. The largest absolute Gasteiger partial charge is 0.496 e. The number of hydrogen-bond acceptors (Lipinski definition) is 5. The maximum Gasteiger partial charge on any atom is 0.419 e. The van der Waals surface area contributed by atoms with E-state index in [4.69, 9.17) is 14.6 Å². The predicted octanol–water partition coefficient (Wildman–Crippen LogP) is 4.69. The molecule has 0 amide bonds. The van der Waals surface area contributed by atoms with Crippen molar-refractivity contribution in [3.63, 3.8) is 0 Å². The molecule has 0 aliphatic carbocycles. The molecule has 0 saturated heterocycles. The van der Waals surface area contributed by atoms with Crippen LogP contribution in [0, 0.1) is 0 Å². The van der Waals surface area contributed by atoms with E-state index in [9.17, 15) is 18.3 Å². The minimum atomic E-state index is -4.52. The summed E-state index contributed by atoms with van der Waals surface area (Å²) in [6.45, 7) is 5.77. The Hall–Kier alpha value is -2.91. The van der Waals surface area contributed by atoms with E-state index in [2.05, 4.69) is 4.98 Å². The quantitative estimate of drug-likeness (QED) is 0.610. The summed E-state index contributed by atoms with van der Waals surface area (Å²) in [5, 5.41) is 15.2. The fraction of sp³-hybridized carbons (Fsp3) is 0.417. The molecule has 3 heterocycles. The van der Waals surface area contributed by atoms with Crippen LogP contribution in [-0.4, -0.2) is 39.7 Å². The van der Waals surface area contributed by atoms with Crippen molar-refractivity contribution in [3.8, 4) is 22.7 Å². The van der Waals surface area contributed by atoms with Crippen LogP contribution in [0.3, 0.4) is 0 Å². The molecule has 2 aromatic heterocycles. The monoisotopic (exact) mass is 461 g/mol. The number of fused-ring (bicyclic) bond motifs is 1. The number of aromatic nitrogens is 3. The highest BCUT2D eigenvalue weighted by Gasteiger charge is 2.35. The van der Waals surface area contributed by atoms with Gasteiger partial charge in [-0.2, -0.15) is 18.3 Å². The third kappa shape index (κ3) is 4.60. The van der Waals surface area contributed by atoms with E-state index >= 15 is 0 Å². The maximum atomic E-state index is 13.4. The SMILES string of the molecule is COc1cc(-n2nc(-c3ccnc(C(C)(C)O)c3)c3c2C[C@@H](C)OCC3)ccc1C(F)(F)F. The zero-order valence-corrected chi connectivity index (χ0v) is 18.9. The van der Waals surface area contributed by atoms with E-state index in [0.29, 0.717) is 36.5 Å². The average molecular weight is 461 g/mol. The lowest BCUT2D eigenvalue weighted by Gasteiger charge is -2.17. The summed E-state index contributed by atoms with van der Waals surface area (Å²) < 4.78 is 52.6. The summed E-state index contributed by atoms with van der Waals surface area (Å²) in [7, 11) is 1.22. The van der Waals surface area contributed by atoms with Gasteiger partial charge in [0.15, 0.2) is 0 Å². The van der Waals surface area contributed by atoms with Crippen LogP contribution in [0.1, 0.15) is 43.3 Å². The molecule has 1 aromatic carbocycles. The average Bonchev–Trinajstić information content (AvgIpc) is 2.98.